The van der Waals surface area contributed by atoms with Crippen molar-refractivity contribution in [2.24, 2.45) is 0 Å². The molecule has 0 N–H and O–H groups in total. The van der Waals surface area contributed by atoms with Crippen LogP contribution in [-0.4, -0.2) is 0 Å². The van der Waals surface area contributed by atoms with Crippen molar-refractivity contribution in [1.29, 1.82) is 0 Å². The van der Waals surface area contributed by atoms with Crippen molar-refractivity contribution in [1.82, 2.24) is 0 Å². The summed E-state index contributed by atoms with van der Waals surface area (Å²) < 4.78 is 6.80. The Bertz CT molecular complexity index is 2760. The van der Waals surface area contributed by atoms with Crippen molar-refractivity contribution < 1.29 is 4.42 Å². The molecule has 0 unspecified atom stereocenters. The molecule has 8 aromatic carbocycles. The van der Waals surface area contributed by atoms with Gasteiger partial charge < -0.3 is 9.32 Å². The molecule has 2 nitrogen and oxygen atoms in total. The minimum atomic E-state index is -0.513. The van der Waals surface area contributed by atoms with E-state index < -0.39 is 5.41 Å². The molecule has 238 valence electrons. The van der Waals surface area contributed by atoms with E-state index in [1.54, 1.807) is 0 Å². The molecule has 0 saturated carbocycles. The molecular formula is C49H31NO. The van der Waals surface area contributed by atoms with E-state index in [4.69, 9.17) is 4.42 Å². The molecule has 11 rings (SSSR count). The van der Waals surface area contributed by atoms with Gasteiger partial charge in [0, 0.05) is 33.6 Å². The van der Waals surface area contributed by atoms with Gasteiger partial charge in [-0.25, -0.2) is 0 Å². The lowest BCUT2D eigenvalue weighted by Gasteiger charge is -2.32. The van der Waals surface area contributed by atoms with Crippen molar-refractivity contribution >= 4 is 38.8 Å². The summed E-state index contributed by atoms with van der Waals surface area (Å²) in [5, 5.41) is 3.68. The molecule has 2 aliphatic carbocycles. The first-order valence-electron chi connectivity index (χ1n) is 17.6. The summed E-state index contributed by atoms with van der Waals surface area (Å²) in [4.78, 5) is 2.38. The van der Waals surface area contributed by atoms with Crippen LogP contribution in [0.15, 0.2) is 192 Å². The summed E-state index contributed by atoms with van der Waals surface area (Å²) in [6.45, 7) is 0. The number of furan rings is 1. The molecule has 0 bridgehead atoms. The monoisotopic (exact) mass is 649 g/mol. The molecular weight excluding hydrogens is 619 g/mol. The number of anilines is 3. The zero-order chi connectivity index (χ0) is 33.5. The van der Waals surface area contributed by atoms with Gasteiger partial charge in [0.25, 0.3) is 0 Å². The molecule has 9 aromatic rings. The van der Waals surface area contributed by atoms with Gasteiger partial charge in [0.2, 0.25) is 0 Å². The van der Waals surface area contributed by atoms with E-state index in [0.29, 0.717) is 0 Å². The first-order chi connectivity index (χ1) is 25.3. The highest BCUT2D eigenvalue weighted by Crippen LogP contribution is 2.65. The van der Waals surface area contributed by atoms with Crippen molar-refractivity contribution in [3.8, 4) is 33.6 Å². The van der Waals surface area contributed by atoms with Gasteiger partial charge in [-0.3, -0.25) is 0 Å². The largest absolute Gasteiger partial charge is 0.456 e. The quantitative estimate of drug-likeness (QED) is 0.189. The molecule has 1 spiro atoms. The Morgan fingerprint density at radius 2 is 0.980 bits per heavy atom. The number of hydrogen-bond donors (Lipinski definition) is 0. The third-order valence-electron chi connectivity index (χ3n) is 11.1. The van der Waals surface area contributed by atoms with E-state index in [-0.39, 0.29) is 0 Å². The molecule has 0 aliphatic heterocycles. The van der Waals surface area contributed by atoms with Crippen LogP contribution in [0.3, 0.4) is 0 Å². The van der Waals surface area contributed by atoms with Crippen LogP contribution in [0.25, 0.3) is 55.3 Å². The van der Waals surface area contributed by atoms with Gasteiger partial charge in [0.1, 0.15) is 11.3 Å². The molecule has 1 aromatic heterocycles. The third-order valence-corrected chi connectivity index (χ3v) is 11.1. The maximum absolute atomic E-state index is 6.80. The van der Waals surface area contributed by atoms with Gasteiger partial charge in [-0.1, -0.05) is 140 Å². The number of rotatable bonds is 4. The average molecular weight is 650 g/mol. The Labute approximate surface area is 296 Å². The molecule has 51 heavy (non-hydrogen) atoms. The molecule has 2 heteroatoms. The van der Waals surface area contributed by atoms with E-state index in [1.165, 1.54) is 60.7 Å². The topological polar surface area (TPSA) is 16.4 Å². The number of benzene rings is 8. The minimum absolute atomic E-state index is 0.513. The number of hydrogen-bond acceptors (Lipinski definition) is 2. The first-order valence-corrected chi connectivity index (χ1v) is 17.6. The SMILES string of the molecule is c1ccc(N(c2ccc(-c3cccc4ccccc34)cc2)c2ccc3c(c2)C2(c4ccccc4-c4ccccc42)c2c-3oc3ccccc23)cc1. The maximum Gasteiger partial charge on any atom is 0.140 e. The zero-order valence-corrected chi connectivity index (χ0v) is 27.8. The highest BCUT2D eigenvalue weighted by molar-refractivity contribution is 6.03. The Kier molecular flexibility index (Phi) is 5.91. The Morgan fingerprint density at radius 1 is 0.392 bits per heavy atom. The van der Waals surface area contributed by atoms with Crippen LogP contribution in [0.1, 0.15) is 22.3 Å². The fourth-order valence-corrected chi connectivity index (χ4v) is 9.01. The molecule has 0 fully saturated rings. The average Bonchev–Trinajstić information content (AvgIpc) is 3.82. The summed E-state index contributed by atoms with van der Waals surface area (Å²) in [5.74, 6) is 0.968. The maximum atomic E-state index is 6.80. The third kappa shape index (κ3) is 3.87. The van der Waals surface area contributed by atoms with Gasteiger partial charge >= 0.3 is 0 Å². The van der Waals surface area contributed by atoms with Gasteiger partial charge in [-0.05, 0) is 98.2 Å². The van der Waals surface area contributed by atoms with Crippen LogP contribution in [0.4, 0.5) is 17.1 Å². The summed E-state index contributed by atoms with van der Waals surface area (Å²) in [6.07, 6.45) is 0. The van der Waals surface area contributed by atoms with Crippen LogP contribution in [0, 0.1) is 0 Å². The second kappa shape index (κ2) is 10.7. The predicted octanol–water partition coefficient (Wildman–Crippen LogP) is 13.1. The number of nitrogens with zero attached hydrogens (tertiary/aromatic N) is 1. The minimum Gasteiger partial charge on any atom is -0.456 e. The standard InChI is InChI=1S/C49H31NO/c1-2-15-34(16-3-1)50(35-27-25-33(26-28-35)38-21-12-14-32-13-4-5-17-37(32)38)36-29-30-41-45(31-36)49(47-42-20-8-11-24-46(42)51-48(41)47)43-22-9-6-18-39(43)40-19-7-10-23-44(40)49/h1-31H. The van der Waals surface area contributed by atoms with Crippen LogP contribution in [0.2, 0.25) is 0 Å². The van der Waals surface area contributed by atoms with Gasteiger partial charge in [-0.15, -0.1) is 0 Å². The highest BCUT2D eigenvalue weighted by Gasteiger charge is 2.54. The number of fused-ring (bicyclic) bond motifs is 13. The smallest absolute Gasteiger partial charge is 0.140 e. The van der Waals surface area contributed by atoms with Crippen LogP contribution in [0.5, 0.6) is 0 Å². The predicted molar refractivity (Wildman–Crippen MR) is 210 cm³/mol. The molecule has 0 radical (unpaired) electrons. The lowest BCUT2D eigenvalue weighted by atomic mass is 9.70. The van der Waals surface area contributed by atoms with Gasteiger partial charge in [0.05, 0.1) is 5.41 Å². The highest BCUT2D eigenvalue weighted by atomic mass is 16.3. The fraction of sp³-hybridized carbons (Fsp3) is 0.0204. The second-order valence-corrected chi connectivity index (χ2v) is 13.6. The van der Waals surface area contributed by atoms with Crippen molar-refractivity contribution in [3.63, 3.8) is 0 Å². The summed E-state index contributed by atoms with van der Waals surface area (Å²) in [7, 11) is 0. The first kappa shape index (κ1) is 28.2. The fourth-order valence-electron chi connectivity index (χ4n) is 9.01. The van der Waals surface area contributed by atoms with Crippen LogP contribution < -0.4 is 4.90 Å². The van der Waals surface area contributed by atoms with E-state index in [2.05, 4.69) is 193 Å². The van der Waals surface area contributed by atoms with Crippen molar-refractivity contribution in [2.45, 2.75) is 5.41 Å². The van der Waals surface area contributed by atoms with E-state index in [0.717, 1.165) is 34.0 Å². The molecule has 0 amide bonds. The Balaban J connectivity index is 1.14. The Hall–Kier alpha value is -6.64. The van der Waals surface area contributed by atoms with Crippen molar-refractivity contribution in [3.05, 3.63) is 210 Å². The van der Waals surface area contributed by atoms with Gasteiger partial charge in [-0.2, -0.15) is 0 Å². The van der Waals surface area contributed by atoms with E-state index >= 15 is 0 Å². The Morgan fingerprint density at radius 3 is 1.76 bits per heavy atom. The van der Waals surface area contributed by atoms with E-state index in [1.807, 2.05) is 0 Å². The normalized spacial score (nSPS) is 13.3. The second-order valence-electron chi connectivity index (χ2n) is 13.6. The van der Waals surface area contributed by atoms with Gasteiger partial charge in [0.15, 0.2) is 0 Å². The van der Waals surface area contributed by atoms with Crippen LogP contribution >= 0.6 is 0 Å². The van der Waals surface area contributed by atoms with Crippen LogP contribution in [-0.2, 0) is 5.41 Å². The number of para-hydroxylation sites is 2. The molecule has 0 atom stereocenters. The van der Waals surface area contributed by atoms with E-state index in [9.17, 15) is 0 Å². The van der Waals surface area contributed by atoms with Crippen molar-refractivity contribution in [2.75, 3.05) is 4.90 Å². The molecule has 1 heterocycles. The zero-order valence-electron chi connectivity index (χ0n) is 27.8. The molecule has 0 saturated heterocycles. The lowest BCUT2D eigenvalue weighted by molar-refractivity contribution is 0.628. The summed E-state index contributed by atoms with van der Waals surface area (Å²) in [6, 6.07) is 68.3. The lowest BCUT2D eigenvalue weighted by Crippen LogP contribution is -2.26. The summed E-state index contributed by atoms with van der Waals surface area (Å²) >= 11 is 0. The molecule has 2 aliphatic rings. The summed E-state index contributed by atoms with van der Waals surface area (Å²) in [5.41, 5.74) is 15.0.